The highest BCUT2D eigenvalue weighted by molar-refractivity contribution is 8.01. The molecule has 1 fully saturated rings. The number of hydrogen-bond donors (Lipinski definition) is 0. The molecule has 26 heavy (non-hydrogen) atoms. The minimum atomic E-state index is -0.192. The third-order valence-corrected chi connectivity index (χ3v) is 6.27. The van der Waals surface area contributed by atoms with Crippen LogP contribution in [0.1, 0.15) is 19.8 Å². The summed E-state index contributed by atoms with van der Waals surface area (Å²) >= 11 is 3.01. The molecule has 1 aliphatic heterocycles. The van der Waals surface area contributed by atoms with Crippen LogP contribution in [0.2, 0.25) is 0 Å². The van der Waals surface area contributed by atoms with Gasteiger partial charge in [-0.3, -0.25) is 9.59 Å². The molecule has 5 nitrogen and oxygen atoms in total. The highest BCUT2D eigenvalue weighted by atomic mass is 32.2. The molecule has 0 unspecified atom stereocenters. The maximum atomic E-state index is 12.5. The molecule has 1 amide bonds. The molecular formula is C19H22N2O3S2. The van der Waals surface area contributed by atoms with Crippen molar-refractivity contribution in [2.24, 2.45) is 5.92 Å². The van der Waals surface area contributed by atoms with Crippen LogP contribution in [-0.4, -0.2) is 47.2 Å². The fraction of sp³-hybridized carbons (Fsp3) is 0.421. The lowest BCUT2D eigenvalue weighted by atomic mass is 9.98. The molecule has 1 saturated heterocycles. The molecular weight excluding hydrogens is 368 g/mol. The number of hydrogen-bond acceptors (Lipinski definition) is 6. The fourth-order valence-electron chi connectivity index (χ4n) is 2.94. The zero-order valence-electron chi connectivity index (χ0n) is 14.7. The minimum Gasteiger partial charge on any atom is -0.466 e. The van der Waals surface area contributed by atoms with Gasteiger partial charge in [-0.05, 0) is 19.8 Å². The van der Waals surface area contributed by atoms with Crippen LogP contribution in [0.5, 0.6) is 0 Å². The highest BCUT2D eigenvalue weighted by Gasteiger charge is 2.29. The zero-order valence-corrected chi connectivity index (χ0v) is 16.4. The van der Waals surface area contributed by atoms with Crippen molar-refractivity contribution in [2.45, 2.75) is 24.1 Å². The second-order valence-electron chi connectivity index (χ2n) is 6.08. The predicted octanol–water partition coefficient (Wildman–Crippen LogP) is 3.70. The molecule has 2 heterocycles. The Labute approximate surface area is 161 Å². The number of esters is 1. The molecule has 1 aromatic heterocycles. The van der Waals surface area contributed by atoms with Gasteiger partial charge in [-0.1, -0.05) is 42.1 Å². The number of ether oxygens (including phenoxy) is 1. The lowest BCUT2D eigenvalue weighted by Gasteiger charge is -2.31. The van der Waals surface area contributed by atoms with Gasteiger partial charge in [-0.2, -0.15) is 0 Å². The molecule has 0 radical (unpaired) electrons. The second-order valence-corrected chi connectivity index (χ2v) is 8.16. The smallest absolute Gasteiger partial charge is 0.310 e. The van der Waals surface area contributed by atoms with Crippen LogP contribution in [0, 0.1) is 5.92 Å². The van der Waals surface area contributed by atoms with Crippen LogP contribution in [0.25, 0.3) is 11.3 Å². The van der Waals surface area contributed by atoms with E-state index in [9.17, 15) is 9.59 Å². The number of benzene rings is 1. The van der Waals surface area contributed by atoms with Crippen LogP contribution in [0.15, 0.2) is 40.1 Å². The van der Waals surface area contributed by atoms with E-state index in [1.807, 2.05) is 35.7 Å². The van der Waals surface area contributed by atoms with Gasteiger partial charge in [0, 0.05) is 24.0 Å². The molecule has 0 spiro atoms. The molecule has 1 aromatic carbocycles. The zero-order chi connectivity index (χ0) is 18.4. The Kier molecular flexibility index (Phi) is 6.68. The summed E-state index contributed by atoms with van der Waals surface area (Å²) in [6.07, 6.45) is 1.64. The van der Waals surface area contributed by atoms with Crippen molar-refractivity contribution < 1.29 is 14.3 Å². The van der Waals surface area contributed by atoms with E-state index >= 15 is 0 Å². The average molecular weight is 391 g/mol. The Hall–Kier alpha value is -1.86. The van der Waals surface area contributed by atoms with Crippen molar-refractivity contribution in [3.8, 4) is 11.3 Å². The normalized spacial score (nSPS) is 17.1. The number of likely N-dealkylation sites (tertiary alicyclic amines) is 1. The van der Waals surface area contributed by atoms with E-state index in [0.29, 0.717) is 25.4 Å². The maximum Gasteiger partial charge on any atom is 0.310 e. The molecule has 138 valence electrons. The fourth-order valence-corrected chi connectivity index (χ4v) is 4.67. The van der Waals surface area contributed by atoms with Crippen LogP contribution < -0.4 is 0 Å². The van der Waals surface area contributed by atoms with E-state index in [1.54, 1.807) is 23.2 Å². The quantitative estimate of drug-likeness (QED) is 0.556. The van der Waals surface area contributed by atoms with Gasteiger partial charge in [0.25, 0.3) is 0 Å². The van der Waals surface area contributed by atoms with Gasteiger partial charge in [-0.25, -0.2) is 4.98 Å². The molecule has 1 aliphatic rings. The van der Waals surface area contributed by atoms with Gasteiger partial charge in [0.15, 0.2) is 4.34 Å². The topological polar surface area (TPSA) is 59.5 Å². The average Bonchev–Trinajstić information content (AvgIpc) is 3.16. The van der Waals surface area contributed by atoms with Crippen molar-refractivity contribution in [1.82, 2.24) is 9.88 Å². The summed E-state index contributed by atoms with van der Waals surface area (Å²) in [7, 11) is 0. The standard InChI is InChI=1S/C19H22N2O3S2/c1-2-24-18(23)15-9-6-10-21(11-15)17(22)13-26-19-20-16(12-25-19)14-7-4-3-5-8-14/h3-5,7-8,12,15H,2,6,9-11,13H2,1H3/t15-/m1/s1. The van der Waals surface area contributed by atoms with E-state index < -0.39 is 0 Å². The number of amides is 1. The van der Waals surface area contributed by atoms with E-state index in [-0.39, 0.29) is 17.8 Å². The summed E-state index contributed by atoms with van der Waals surface area (Å²) in [5.74, 6) is 0.0184. The third kappa shape index (κ3) is 4.86. The number of piperidine rings is 1. The first-order chi connectivity index (χ1) is 12.7. The largest absolute Gasteiger partial charge is 0.466 e. The lowest BCUT2D eigenvalue weighted by Crippen LogP contribution is -2.43. The number of carbonyl (C=O) groups is 2. The summed E-state index contributed by atoms with van der Waals surface area (Å²) in [5, 5.41) is 2.01. The summed E-state index contributed by atoms with van der Waals surface area (Å²) < 4.78 is 5.98. The molecule has 0 saturated carbocycles. The Morgan fingerprint density at radius 3 is 2.92 bits per heavy atom. The van der Waals surface area contributed by atoms with Gasteiger partial charge < -0.3 is 9.64 Å². The number of aromatic nitrogens is 1. The van der Waals surface area contributed by atoms with E-state index in [1.165, 1.54) is 11.8 Å². The van der Waals surface area contributed by atoms with Gasteiger partial charge >= 0.3 is 5.97 Å². The Morgan fingerprint density at radius 2 is 2.15 bits per heavy atom. The van der Waals surface area contributed by atoms with Crippen molar-refractivity contribution in [2.75, 3.05) is 25.4 Å². The first kappa shape index (κ1) is 18.9. The highest BCUT2D eigenvalue weighted by Crippen LogP contribution is 2.28. The van der Waals surface area contributed by atoms with E-state index in [2.05, 4.69) is 4.98 Å². The minimum absolute atomic E-state index is 0.0560. The van der Waals surface area contributed by atoms with Crippen molar-refractivity contribution in [3.05, 3.63) is 35.7 Å². The Morgan fingerprint density at radius 1 is 1.35 bits per heavy atom. The van der Waals surface area contributed by atoms with Crippen LogP contribution in [0.3, 0.4) is 0 Å². The Balaban J connectivity index is 1.52. The van der Waals surface area contributed by atoms with Gasteiger partial charge in [0.2, 0.25) is 5.91 Å². The van der Waals surface area contributed by atoms with E-state index in [4.69, 9.17) is 4.74 Å². The van der Waals surface area contributed by atoms with Gasteiger partial charge in [0.1, 0.15) is 0 Å². The number of thioether (sulfide) groups is 1. The number of rotatable bonds is 6. The van der Waals surface area contributed by atoms with Crippen LogP contribution in [0.4, 0.5) is 0 Å². The summed E-state index contributed by atoms with van der Waals surface area (Å²) in [5.41, 5.74) is 2.01. The Bertz CT molecular complexity index is 748. The van der Waals surface area contributed by atoms with Crippen LogP contribution >= 0.6 is 23.1 Å². The molecule has 0 bridgehead atoms. The molecule has 0 N–H and O–H groups in total. The van der Waals surface area contributed by atoms with Crippen molar-refractivity contribution in [3.63, 3.8) is 0 Å². The van der Waals surface area contributed by atoms with Gasteiger partial charge in [0.05, 0.1) is 24.0 Å². The first-order valence-electron chi connectivity index (χ1n) is 8.75. The molecule has 2 aromatic rings. The summed E-state index contributed by atoms with van der Waals surface area (Å²) in [4.78, 5) is 30.8. The van der Waals surface area contributed by atoms with Gasteiger partial charge in [-0.15, -0.1) is 11.3 Å². The summed E-state index contributed by atoms with van der Waals surface area (Å²) in [6.45, 7) is 3.36. The summed E-state index contributed by atoms with van der Waals surface area (Å²) in [6, 6.07) is 10.0. The first-order valence-corrected chi connectivity index (χ1v) is 10.6. The SMILES string of the molecule is CCOC(=O)[C@@H]1CCCN(C(=O)CSc2nc(-c3ccccc3)cs2)C1. The number of nitrogens with zero attached hydrogens (tertiary/aromatic N) is 2. The van der Waals surface area contributed by atoms with Crippen molar-refractivity contribution >= 4 is 35.0 Å². The predicted molar refractivity (Wildman–Crippen MR) is 104 cm³/mol. The van der Waals surface area contributed by atoms with E-state index in [0.717, 1.165) is 28.4 Å². The second kappa shape index (κ2) is 9.19. The molecule has 0 aliphatic carbocycles. The van der Waals surface area contributed by atoms with Crippen molar-refractivity contribution in [1.29, 1.82) is 0 Å². The molecule has 3 rings (SSSR count). The third-order valence-electron chi connectivity index (χ3n) is 4.27. The lowest BCUT2D eigenvalue weighted by molar-refractivity contribution is -0.151. The van der Waals surface area contributed by atoms with Crippen LogP contribution in [-0.2, 0) is 14.3 Å². The molecule has 1 atom stereocenters. The maximum absolute atomic E-state index is 12.5. The monoisotopic (exact) mass is 390 g/mol. The number of thiazole rings is 1. The number of carbonyl (C=O) groups excluding carboxylic acids is 2. The molecule has 7 heteroatoms.